The van der Waals surface area contributed by atoms with Gasteiger partial charge in [0.2, 0.25) is 0 Å². The summed E-state index contributed by atoms with van der Waals surface area (Å²) in [5, 5.41) is 14.0. The van der Waals surface area contributed by atoms with Gasteiger partial charge in [-0.15, -0.1) is 0 Å². The van der Waals surface area contributed by atoms with E-state index in [1.165, 1.54) is 11.6 Å². The lowest BCUT2D eigenvalue weighted by atomic mass is 9.99. The van der Waals surface area contributed by atoms with E-state index >= 15 is 0 Å². The molecule has 3 aromatic carbocycles. The van der Waals surface area contributed by atoms with Gasteiger partial charge in [0, 0.05) is 14.1 Å². The average Bonchev–Trinajstić information content (AvgIpc) is 3.23. The van der Waals surface area contributed by atoms with Gasteiger partial charge in [-0.2, -0.15) is 0 Å². The Morgan fingerprint density at radius 2 is 1.63 bits per heavy atom. The Labute approximate surface area is 201 Å². The van der Waals surface area contributed by atoms with E-state index < -0.39 is 0 Å². The van der Waals surface area contributed by atoms with Crippen molar-refractivity contribution in [2.75, 3.05) is 5.32 Å². The monoisotopic (exact) mass is 464 g/mol. The Kier molecular flexibility index (Phi) is 4.51. The van der Waals surface area contributed by atoms with Gasteiger partial charge < -0.3 is 15.0 Å². The Morgan fingerprint density at radius 3 is 2.37 bits per heavy atom. The molecule has 7 nitrogen and oxygen atoms in total. The van der Waals surface area contributed by atoms with Crippen molar-refractivity contribution >= 4 is 16.6 Å². The van der Waals surface area contributed by atoms with E-state index in [1.54, 1.807) is 23.7 Å². The van der Waals surface area contributed by atoms with Crippen molar-refractivity contribution in [1.82, 2.24) is 13.7 Å². The molecular formula is C28H24N4O3. The first-order valence-corrected chi connectivity index (χ1v) is 11.4. The fourth-order valence-corrected chi connectivity index (χ4v) is 5.20. The van der Waals surface area contributed by atoms with Crippen molar-refractivity contribution in [3.05, 3.63) is 110 Å². The van der Waals surface area contributed by atoms with Crippen LogP contribution in [-0.2, 0) is 14.1 Å². The predicted molar refractivity (Wildman–Crippen MR) is 138 cm³/mol. The third kappa shape index (κ3) is 2.98. The number of hydrogen-bond donors (Lipinski definition) is 2. The maximum atomic E-state index is 13.7. The number of rotatable bonds is 2. The lowest BCUT2D eigenvalue weighted by Gasteiger charge is -2.31. The first-order chi connectivity index (χ1) is 16.9. The molecule has 0 spiro atoms. The van der Waals surface area contributed by atoms with Crippen LogP contribution in [0.25, 0.3) is 27.8 Å². The van der Waals surface area contributed by atoms with E-state index in [-0.39, 0.29) is 23.0 Å². The Hall–Kier alpha value is -4.52. The van der Waals surface area contributed by atoms with E-state index in [4.69, 9.17) is 0 Å². The maximum Gasteiger partial charge on any atom is 0.331 e. The topological polar surface area (TPSA) is 81.2 Å². The van der Waals surface area contributed by atoms with Gasteiger partial charge in [0.1, 0.15) is 5.75 Å². The van der Waals surface area contributed by atoms with Crippen molar-refractivity contribution < 1.29 is 5.11 Å². The molecule has 1 aliphatic heterocycles. The maximum absolute atomic E-state index is 13.7. The normalized spacial score (nSPS) is 14.4. The SMILES string of the molecule is Cc1cccc(-c2c3c(=O)n(C)c(=O)n(C)c3c3n2-c2ccccc2N[C@H]3c2ccc(O)cc2)c1. The van der Waals surface area contributed by atoms with Gasteiger partial charge in [0.05, 0.1) is 39.7 Å². The number of aromatic nitrogens is 3. The molecule has 2 aromatic heterocycles. The molecule has 7 heteroatoms. The number of para-hydroxylation sites is 2. The summed E-state index contributed by atoms with van der Waals surface area (Å²) >= 11 is 0. The number of phenolic OH excluding ortho intramolecular Hbond substituents is 1. The largest absolute Gasteiger partial charge is 0.508 e. The van der Waals surface area contributed by atoms with Crippen LogP contribution < -0.4 is 16.6 Å². The van der Waals surface area contributed by atoms with E-state index in [9.17, 15) is 14.7 Å². The molecule has 0 fully saturated rings. The molecule has 0 unspecified atom stereocenters. The molecular weight excluding hydrogens is 440 g/mol. The smallest absolute Gasteiger partial charge is 0.331 e. The second-order valence-electron chi connectivity index (χ2n) is 9.05. The minimum absolute atomic E-state index is 0.173. The molecule has 6 rings (SSSR count). The fraction of sp³-hybridized carbons (Fsp3) is 0.143. The molecule has 0 radical (unpaired) electrons. The van der Waals surface area contributed by atoms with Gasteiger partial charge in [0.25, 0.3) is 5.56 Å². The number of anilines is 1. The molecule has 0 amide bonds. The van der Waals surface area contributed by atoms with Crippen molar-refractivity contribution in [1.29, 1.82) is 0 Å². The van der Waals surface area contributed by atoms with Crippen LogP contribution in [0.2, 0.25) is 0 Å². The van der Waals surface area contributed by atoms with E-state index in [0.717, 1.165) is 39.5 Å². The number of phenols is 1. The number of fused-ring (bicyclic) bond motifs is 5. The quantitative estimate of drug-likeness (QED) is 0.410. The highest BCUT2D eigenvalue weighted by molar-refractivity contribution is 5.99. The summed E-state index contributed by atoms with van der Waals surface area (Å²) in [6.45, 7) is 2.02. The van der Waals surface area contributed by atoms with Gasteiger partial charge in [-0.1, -0.05) is 48.0 Å². The van der Waals surface area contributed by atoms with Crippen LogP contribution in [-0.4, -0.2) is 18.8 Å². The Morgan fingerprint density at radius 1 is 0.886 bits per heavy atom. The third-order valence-corrected chi connectivity index (χ3v) is 6.84. The van der Waals surface area contributed by atoms with E-state index in [1.807, 2.05) is 61.5 Å². The fourth-order valence-electron chi connectivity index (χ4n) is 5.20. The summed E-state index contributed by atoms with van der Waals surface area (Å²) in [4.78, 5) is 26.8. The third-order valence-electron chi connectivity index (χ3n) is 6.84. The summed E-state index contributed by atoms with van der Waals surface area (Å²) < 4.78 is 4.84. The Bertz CT molecular complexity index is 1760. The molecule has 2 N–H and O–H groups in total. The first-order valence-electron chi connectivity index (χ1n) is 11.4. The summed E-state index contributed by atoms with van der Waals surface area (Å²) in [6.07, 6.45) is 0. The molecule has 0 saturated carbocycles. The summed E-state index contributed by atoms with van der Waals surface area (Å²) in [6, 6.07) is 22.7. The zero-order chi connectivity index (χ0) is 24.4. The minimum atomic E-state index is -0.380. The van der Waals surface area contributed by atoms with Crippen LogP contribution in [0.15, 0.2) is 82.4 Å². The second-order valence-corrected chi connectivity index (χ2v) is 9.05. The number of aromatic hydroxyl groups is 1. The number of nitrogens with one attached hydrogen (secondary N) is 1. The molecule has 0 saturated heterocycles. The molecule has 3 heterocycles. The lowest BCUT2D eigenvalue weighted by molar-refractivity contribution is 0.475. The van der Waals surface area contributed by atoms with Gasteiger partial charge >= 0.3 is 5.69 Å². The van der Waals surface area contributed by atoms with Crippen molar-refractivity contribution in [2.45, 2.75) is 13.0 Å². The summed E-state index contributed by atoms with van der Waals surface area (Å²) in [7, 11) is 3.23. The Balaban J connectivity index is 1.86. The number of aryl methyl sites for hydroxylation is 2. The van der Waals surface area contributed by atoms with Crippen molar-refractivity contribution in [3.63, 3.8) is 0 Å². The molecule has 0 aliphatic carbocycles. The van der Waals surface area contributed by atoms with Crippen LogP contribution in [0.5, 0.6) is 5.75 Å². The average molecular weight is 465 g/mol. The summed E-state index contributed by atoms with van der Waals surface area (Å²) in [5.41, 5.74) is 6.14. The zero-order valence-corrected chi connectivity index (χ0v) is 19.6. The molecule has 0 bridgehead atoms. The molecule has 1 atom stereocenters. The van der Waals surface area contributed by atoms with Crippen LogP contribution in [0.3, 0.4) is 0 Å². The van der Waals surface area contributed by atoms with Crippen LogP contribution in [0, 0.1) is 6.92 Å². The highest BCUT2D eigenvalue weighted by Gasteiger charge is 2.34. The van der Waals surface area contributed by atoms with Gasteiger partial charge in [0.15, 0.2) is 0 Å². The lowest BCUT2D eigenvalue weighted by Crippen LogP contribution is -2.37. The summed E-state index contributed by atoms with van der Waals surface area (Å²) in [5.74, 6) is 0.173. The number of nitrogens with zero attached hydrogens (tertiary/aromatic N) is 3. The van der Waals surface area contributed by atoms with E-state index in [0.29, 0.717) is 10.9 Å². The van der Waals surface area contributed by atoms with E-state index in [2.05, 4.69) is 16.0 Å². The number of hydrogen-bond acceptors (Lipinski definition) is 4. The van der Waals surface area contributed by atoms with Crippen molar-refractivity contribution in [3.8, 4) is 22.7 Å². The first kappa shape index (κ1) is 21.0. The highest BCUT2D eigenvalue weighted by Crippen LogP contribution is 2.45. The van der Waals surface area contributed by atoms with Gasteiger partial charge in [-0.05, 0) is 48.4 Å². The standard InChI is InChI=1S/C28H24N4O3/c1-16-7-6-8-18(15-16)24-22-25(30(2)28(35)31(3)27(22)34)26-23(17-11-13-19(33)14-12-17)29-20-9-4-5-10-21(20)32(24)26/h4-15,23,29,33H,1-3H3/t23-/m0/s1. The van der Waals surface area contributed by atoms with Gasteiger partial charge in [-0.25, -0.2) is 4.79 Å². The predicted octanol–water partition coefficient (Wildman–Crippen LogP) is 4.22. The second kappa shape index (κ2) is 7.50. The minimum Gasteiger partial charge on any atom is -0.508 e. The molecule has 1 aliphatic rings. The van der Waals surface area contributed by atoms with Gasteiger partial charge in [-0.3, -0.25) is 13.9 Å². The zero-order valence-electron chi connectivity index (χ0n) is 19.6. The number of benzene rings is 3. The molecule has 5 aromatic rings. The molecule has 174 valence electrons. The molecule has 35 heavy (non-hydrogen) atoms. The highest BCUT2D eigenvalue weighted by atomic mass is 16.3. The van der Waals surface area contributed by atoms with Crippen LogP contribution in [0.1, 0.15) is 22.9 Å². The van der Waals surface area contributed by atoms with Crippen molar-refractivity contribution in [2.24, 2.45) is 14.1 Å². The van der Waals surface area contributed by atoms with Crippen LogP contribution >= 0.6 is 0 Å². The van der Waals surface area contributed by atoms with Crippen LogP contribution in [0.4, 0.5) is 5.69 Å².